The van der Waals surface area contributed by atoms with Gasteiger partial charge in [-0.25, -0.2) is 9.78 Å². The number of nitriles is 1. The number of hydrogen-bond acceptors (Lipinski definition) is 4. The molecule has 2 aromatic rings. The minimum absolute atomic E-state index is 0.0944. The molecule has 94 valence electrons. The molecule has 1 aromatic heterocycles. The van der Waals surface area contributed by atoms with Gasteiger partial charge in [0.25, 0.3) is 0 Å². The van der Waals surface area contributed by atoms with Crippen LogP contribution in [0.4, 0.5) is 0 Å². The van der Waals surface area contributed by atoms with Gasteiger partial charge in [-0.05, 0) is 25.1 Å². The number of ether oxygens (including phenoxy) is 1. The number of nitrogens with zero attached hydrogens (tertiary/aromatic N) is 2. The van der Waals surface area contributed by atoms with Crippen molar-refractivity contribution in [1.29, 1.82) is 5.26 Å². The van der Waals surface area contributed by atoms with Gasteiger partial charge in [-0.3, -0.25) is 0 Å². The fraction of sp³-hybridized carbons (Fsp3) is 0.0714. The summed E-state index contributed by atoms with van der Waals surface area (Å²) >= 11 is 0. The lowest BCUT2D eigenvalue weighted by molar-refractivity contribution is 0.0696. The van der Waals surface area contributed by atoms with Crippen LogP contribution in [0.25, 0.3) is 0 Å². The molecule has 0 fully saturated rings. The van der Waals surface area contributed by atoms with Gasteiger partial charge in [0.2, 0.25) is 5.88 Å². The van der Waals surface area contributed by atoms with Gasteiger partial charge in [0, 0.05) is 11.8 Å². The predicted molar refractivity (Wildman–Crippen MR) is 67.2 cm³/mol. The molecule has 0 aliphatic carbocycles. The second kappa shape index (κ2) is 5.19. The van der Waals surface area contributed by atoms with Crippen LogP contribution < -0.4 is 4.74 Å². The van der Waals surface area contributed by atoms with Crippen LogP contribution >= 0.6 is 0 Å². The monoisotopic (exact) mass is 254 g/mol. The second-order valence-electron chi connectivity index (χ2n) is 3.85. The van der Waals surface area contributed by atoms with Gasteiger partial charge in [0.1, 0.15) is 11.8 Å². The van der Waals surface area contributed by atoms with Gasteiger partial charge >= 0.3 is 5.97 Å². The highest BCUT2D eigenvalue weighted by molar-refractivity contribution is 5.88. The van der Waals surface area contributed by atoms with E-state index in [4.69, 9.17) is 15.1 Å². The number of aromatic nitrogens is 1. The molecule has 0 saturated carbocycles. The number of carbonyl (C=O) groups is 1. The van der Waals surface area contributed by atoms with E-state index in [1.807, 2.05) is 6.07 Å². The fourth-order valence-corrected chi connectivity index (χ4v) is 1.57. The molecule has 1 aromatic carbocycles. The maximum absolute atomic E-state index is 10.9. The first-order valence-electron chi connectivity index (χ1n) is 5.49. The van der Waals surface area contributed by atoms with E-state index in [9.17, 15) is 4.79 Å². The van der Waals surface area contributed by atoms with Crippen LogP contribution in [0, 0.1) is 18.3 Å². The zero-order valence-electron chi connectivity index (χ0n) is 10.1. The molecule has 1 heterocycles. The highest BCUT2D eigenvalue weighted by Gasteiger charge is 2.10. The third kappa shape index (κ3) is 2.87. The van der Waals surface area contributed by atoms with E-state index in [0.29, 0.717) is 17.0 Å². The maximum atomic E-state index is 10.9. The van der Waals surface area contributed by atoms with E-state index in [-0.39, 0.29) is 11.4 Å². The number of aromatic carboxylic acids is 1. The molecular weight excluding hydrogens is 244 g/mol. The van der Waals surface area contributed by atoms with Crippen molar-refractivity contribution in [2.45, 2.75) is 6.92 Å². The molecule has 0 saturated heterocycles. The fourth-order valence-electron chi connectivity index (χ4n) is 1.57. The van der Waals surface area contributed by atoms with Crippen molar-refractivity contribution in [3.63, 3.8) is 0 Å². The Bertz CT molecular complexity index is 675. The van der Waals surface area contributed by atoms with Gasteiger partial charge in [-0.1, -0.05) is 12.1 Å². The third-order valence-electron chi connectivity index (χ3n) is 2.40. The molecule has 5 nitrogen and oxygen atoms in total. The summed E-state index contributed by atoms with van der Waals surface area (Å²) in [6.45, 7) is 1.68. The maximum Gasteiger partial charge on any atom is 0.335 e. The smallest absolute Gasteiger partial charge is 0.335 e. The lowest BCUT2D eigenvalue weighted by Gasteiger charge is -2.07. The average Bonchev–Trinajstić information content (AvgIpc) is 2.38. The lowest BCUT2D eigenvalue weighted by Crippen LogP contribution is -2.00. The van der Waals surface area contributed by atoms with Crippen molar-refractivity contribution >= 4 is 5.97 Å². The summed E-state index contributed by atoms with van der Waals surface area (Å²) in [6.07, 6.45) is 0. The summed E-state index contributed by atoms with van der Waals surface area (Å²) < 4.78 is 5.48. The summed E-state index contributed by atoms with van der Waals surface area (Å²) in [5.41, 5.74) is 0.990. The number of rotatable bonds is 3. The topological polar surface area (TPSA) is 83.2 Å². The van der Waals surface area contributed by atoms with Gasteiger partial charge in [0.05, 0.1) is 11.1 Å². The molecule has 19 heavy (non-hydrogen) atoms. The van der Waals surface area contributed by atoms with Crippen LogP contribution in [0.3, 0.4) is 0 Å². The Morgan fingerprint density at radius 3 is 2.79 bits per heavy atom. The quantitative estimate of drug-likeness (QED) is 0.910. The lowest BCUT2D eigenvalue weighted by atomic mass is 10.2. The molecule has 1 N–H and O–H groups in total. The third-order valence-corrected chi connectivity index (χ3v) is 2.40. The van der Waals surface area contributed by atoms with Gasteiger partial charge in [0.15, 0.2) is 0 Å². The predicted octanol–water partition coefficient (Wildman–Crippen LogP) is 2.75. The van der Waals surface area contributed by atoms with Crippen molar-refractivity contribution in [1.82, 2.24) is 4.98 Å². The number of pyridine rings is 1. The number of hydrogen-bond donors (Lipinski definition) is 1. The van der Waals surface area contributed by atoms with Crippen molar-refractivity contribution in [3.05, 3.63) is 53.2 Å². The van der Waals surface area contributed by atoms with Crippen LogP contribution in [0.2, 0.25) is 0 Å². The molecule has 2 rings (SSSR count). The minimum Gasteiger partial charge on any atom is -0.478 e. The minimum atomic E-state index is -1.05. The van der Waals surface area contributed by atoms with Crippen LogP contribution in [0.5, 0.6) is 11.6 Å². The van der Waals surface area contributed by atoms with Crippen molar-refractivity contribution in [2.75, 3.05) is 0 Å². The van der Waals surface area contributed by atoms with Crippen molar-refractivity contribution in [2.24, 2.45) is 0 Å². The molecule has 0 unspecified atom stereocenters. The van der Waals surface area contributed by atoms with E-state index in [1.54, 1.807) is 31.2 Å². The summed E-state index contributed by atoms with van der Waals surface area (Å²) in [5, 5.41) is 17.9. The zero-order valence-corrected chi connectivity index (χ0v) is 10.1. The molecule has 0 atom stereocenters. The first kappa shape index (κ1) is 12.6. The van der Waals surface area contributed by atoms with Crippen LogP contribution in [-0.4, -0.2) is 16.1 Å². The number of para-hydroxylation sites is 1. The van der Waals surface area contributed by atoms with Crippen LogP contribution in [0.1, 0.15) is 21.6 Å². The largest absolute Gasteiger partial charge is 0.478 e. The highest BCUT2D eigenvalue weighted by Crippen LogP contribution is 2.24. The summed E-state index contributed by atoms with van der Waals surface area (Å²) in [6, 6.07) is 11.5. The molecule has 0 aliphatic rings. The Morgan fingerprint density at radius 2 is 2.11 bits per heavy atom. The number of benzene rings is 1. The van der Waals surface area contributed by atoms with Gasteiger partial charge in [-0.2, -0.15) is 5.26 Å². The Kier molecular flexibility index (Phi) is 3.44. The Labute approximate surface area is 109 Å². The number of carboxylic acid groups (broad SMARTS) is 1. The van der Waals surface area contributed by atoms with E-state index < -0.39 is 5.97 Å². The normalized spacial score (nSPS) is 9.68. The Balaban J connectivity index is 2.39. The summed E-state index contributed by atoms with van der Waals surface area (Å²) in [7, 11) is 0. The first-order chi connectivity index (χ1) is 9.10. The zero-order chi connectivity index (χ0) is 13.8. The molecule has 0 bridgehead atoms. The molecule has 0 aliphatic heterocycles. The highest BCUT2D eigenvalue weighted by atomic mass is 16.5. The van der Waals surface area contributed by atoms with E-state index >= 15 is 0 Å². The van der Waals surface area contributed by atoms with Crippen molar-refractivity contribution < 1.29 is 14.6 Å². The van der Waals surface area contributed by atoms with Gasteiger partial charge in [-0.15, -0.1) is 0 Å². The molecule has 5 heteroatoms. The van der Waals surface area contributed by atoms with Crippen LogP contribution in [-0.2, 0) is 0 Å². The molecule has 0 spiro atoms. The number of aryl methyl sites for hydroxylation is 1. The first-order valence-corrected chi connectivity index (χ1v) is 5.49. The molecular formula is C14H10N2O3. The standard InChI is InChI=1S/C14H10N2O3/c1-9-6-11(14(17)18)7-13(16-9)19-12-5-3-2-4-10(12)8-15/h2-7H,1H3,(H,17,18). The number of carboxylic acids is 1. The van der Waals surface area contributed by atoms with E-state index in [2.05, 4.69) is 4.98 Å². The SMILES string of the molecule is Cc1cc(C(=O)O)cc(Oc2ccccc2C#N)n1. The van der Waals surface area contributed by atoms with Crippen molar-refractivity contribution in [3.8, 4) is 17.7 Å². The van der Waals surface area contributed by atoms with E-state index in [0.717, 1.165) is 0 Å². The Morgan fingerprint density at radius 1 is 1.37 bits per heavy atom. The summed E-state index contributed by atoms with van der Waals surface area (Å²) in [5.74, 6) is -0.552. The van der Waals surface area contributed by atoms with Crippen LogP contribution in [0.15, 0.2) is 36.4 Å². The molecule has 0 amide bonds. The molecule has 0 radical (unpaired) electrons. The van der Waals surface area contributed by atoms with Gasteiger partial charge < -0.3 is 9.84 Å². The van der Waals surface area contributed by atoms with E-state index in [1.165, 1.54) is 12.1 Å². The average molecular weight is 254 g/mol. The Hall–Kier alpha value is -2.87. The summed E-state index contributed by atoms with van der Waals surface area (Å²) in [4.78, 5) is 15.0. The second-order valence-corrected chi connectivity index (χ2v) is 3.85.